The molecule has 0 radical (unpaired) electrons. The minimum Gasteiger partial charge on any atom is -0.239 e. The van der Waals surface area contributed by atoms with Gasteiger partial charge in [-0.3, -0.25) is 0 Å². The Morgan fingerprint density at radius 1 is 1.37 bits per heavy atom. The zero-order chi connectivity index (χ0) is 14.1. The van der Waals surface area contributed by atoms with E-state index in [0.717, 1.165) is 31.2 Å². The third-order valence-electron chi connectivity index (χ3n) is 3.80. The topological polar surface area (TPSA) is 29.4 Å². The SMILES string of the molecule is CC(C)(F)c1c(Cl)cccc1C1(N=C=O)CCCC1. The summed E-state index contributed by atoms with van der Waals surface area (Å²) >= 11 is 6.17. The van der Waals surface area contributed by atoms with Gasteiger partial charge in [-0.1, -0.05) is 36.6 Å². The van der Waals surface area contributed by atoms with E-state index < -0.39 is 11.2 Å². The third-order valence-corrected chi connectivity index (χ3v) is 4.11. The van der Waals surface area contributed by atoms with Crippen LogP contribution in [0.25, 0.3) is 0 Å². The van der Waals surface area contributed by atoms with Crippen LogP contribution in [0.3, 0.4) is 0 Å². The monoisotopic (exact) mass is 281 g/mol. The summed E-state index contributed by atoms with van der Waals surface area (Å²) in [6, 6.07) is 5.29. The second kappa shape index (κ2) is 5.07. The maximum absolute atomic E-state index is 14.5. The quantitative estimate of drug-likeness (QED) is 0.586. The number of rotatable bonds is 3. The van der Waals surface area contributed by atoms with Gasteiger partial charge >= 0.3 is 0 Å². The lowest BCUT2D eigenvalue weighted by atomic mass is 9.81. The van der Waals surface area contributed by atoms with E-state index in [0.29, 0.717) is 10.6 Å². The van der Waals surface area contributed by atoms with Crippen LogP contribution in [0.1, 0.15) is 50.7 Å². The van der Waals surface area contributed by atoms with Gasteiger partial charge in [0.15, 0.2) is 0 Å². The van der Waals surface area contributed by atoms with Crippen molar-refractivity contribution in [3.05, 3.63) is 34.3 Å². The van der Waals surface area contributed by atoms with Crippen molar-refractivity contribution < 1.29 is 9.18 Å². The molecule has 0 heterocycles. The first kappa shape index (κ1) is 14.2. The van der Waals surface area contributed by atoms with Crippen LogP contribution in [0, 0.1) is 0 Å². The molecule has 2 rings (SSSR count). The van der Waals surface area contributed by atoms with Crippen LogP contribution in [0.5, 0.6) is 0 Å². The van der Waals surface area contributed by atoms with Crippen molar-refractivity contribution >= 4 is 17.7 Å². The number of aliphatic imine (C=N–C) groups is 1. The largest absolute Gasteiger partial charge is 0.239 e. The Hall–Kier alpha value is -1.18. The lowest BCUT2D eigenvalue weighted by molar-refractivity contribution is 0.216. The molecule has 0 atom stereocenters. The van der Waals surface area contributed by atoms with Gasteiger partial charge in [-0.05, 0) is 38.3 Å². The molecular weight excluding hydrogens is 265 g/mol. The third kappa shape index (κ3) is 2.58. The van der Waals surface area contributed by atoms with E-state index in [2.05, 4.69) is 4.99 Å². The molecule has 19 heavy (non-hydrogen) atoms. The molecule has 0 aliphatic heterocycles. The average molecular weight is 282 g/mol. The van der Waals surface area contributed by atoms with Crippen molar-refractivity contribution in [3.63, 3.8) is 0 Å². The summed E-state index contributed by atoms with van der Waals surface area (Å²) in [6.07, 6.45) is 5.09. The number of benzene rings is 1. The minimum atomic E-state index is -1.57. The molecule has 1 aliphatic rings. The number of hydrogen-bond acceptors (Lipinski definition) is 2. The molecule has 0 N–H and O–H groups in total. The molecule has 0 spiro atoms. The van der Waals surface area contributed by atoms with Crippen LogP contribution >= 0.6 is 11.6 Å². The summed E-state index contributed by atoms with van der Waals surface area (Å²) in [5.41, 5.74) is -1.04. The first-order valence-corrected chi connectivity index (χ1v) is 6.86. The number of alkyl halides is 1. The van der Waals surface area contributed by atoms with Gasteiger partial charge in [-0.25, -0.2) is 9.18 Å². The maximum atomic E-state index is 14.5. The Labute approximate surface area is 117 Å². The predicted molar refractivity (Wildman–Crippen MR) is 73.9 cm³/mol. The normalized spacial score (nSPS) is 18.1. The number of nitrogens with zero attached hydrogens (tertiary/aromatic N) is 1. The number of halogens is 2. The summed E-state index contributed by atoms with van der Waals surface area (Å²) in [7, 11) is 0. The zero-order valence-corrected chi connectivity index (χ0v) is 11.9. The van der Waals surface area contributed by atoms with Crippen molar-refractivity contribution in [2.24, 2.45) is 4.99 Å². The van der Waals surface area contributed by atoms with Crippen LogP contribution in [-0.2, 0) is 16.0 Å². The van der Waals surface area contributed by atoms with Crippen LogP contribution < -0.4 is 0 Å². The first-order chi connectivity index (χ1) is 8.91. The molecule has 2 nitrogen and oxygen atoms in total. The molecule has 0 aromatic heterocycles. The van der Waals surface area contributed by atoms with E-state index >= 15 is 0 Å². The van der Waals surface area contributed by atoms with Gasteiger partial charge < -0.3 is 0 Å². The van der Waals surface area contributed by atoms with Crippen LogP contribution in [0.15, 0.2) is 23.2 Å². The standard InChI is InChI=1S/C15H17ClFNO/c1-14(2,17)13-11(6-5-7-12(13)16)15(18-10-19)8-3-4-9-15/h5-7H,3-4,8-9H2,1-2H3. The molecule has 1 fully saturated rings. The van der Waals surface area contributed by atoms with Gasteiger partial charge in [0, 0.05) is 10.6 Å². The Bertz CT molecular complexity index is 523. The zero-order valence-electron chi connectivity index (χ0n) is 11.2. The van der Waals surface area contributed by atoms with Gasteiger partial charge in [-0.15, -0.1) is 0 Å². The number of carbonyl (C=O) groups excluding carboxylic acids is 1. The molecule has 1 aromatic carbocycles. The molecule has 102 valence electrons. The Morgan fingerprint density at radius 3 is 2.53 bits per heavy atom. The van der Waals surface area contributed by atoms with Gasteiger partial charge in [0.05, 0.1) is 5.54 Å². The molecule has 1 aromatic rings. The fourth-order valence-corrected chi connectivity index (χ4v) is 3.40. The van der Waals surface area contributed by atoms with E-state index in [-0.39, 0.29) is 0 Å². The molecule has 0 saturated heterocycles. The minimum absolute atomic E-state index is 0.386. The van der Waals surface area contributed by atoms with Gasteiger partial charge in [-0.2, -0.15) is 4.99 Å². The maximum Gasteiger partial charge on any atom is 0.235 e. The second-order valence-corrected chi connectivity index (χ2v) is 5.98. The highest BCUT2D eigenvalue weighted by Gasteiger charge is 2.40. The van der Waals surface area contributed by atoms with Crippen LogP contribution in [-0.4, -0.2) is 6.08 Å². The lowest BCUT2D eigenvalue weighted by Gasteiger charge is -2.30. The Balaban J connectivity index is 2.68. The van der Waals surface area contributed by atoms with E-state index in [4.69, 9.17) is 11.6 Å². The van der Waals surface area contributed by atoms with E-state index in [9.17, 15) is 9.18 Å². The first-order valence-electron chi connectivity index (χ1n) is 6.48. The van der Waals surface area contributed by atoms with Crippen LogP contribution in [0.2, 0.25) is 5.02 Å². The fourth-order valence-electron chi connectivity index (χ4n) is 3.00. The number of isocyanates is 1. The molecule has 1 aliphatic carbocycles. The highest BCUT2D eigenvalue weighted by atomic mass is 35.5. The molecular formula is C15H17ClFNO. The molecule has 0 unspecified atom stereocenters. The predicted octanol–water partition coefficient (Wildman–Crippen LogP) is 4.65. The average Bonchev–Trinajstić information content (AvgIpc) is 2.77. The fraction of sp³-hybridized carbons (Fsp3) is 0.533. The molecule has 4 heteroatoms. The Morgan fingerprint density at radius 2 is 2.00 bits per heavy atom. The van der Waals surface area contributed by atoms with Gasteiger partial charge in [0.25, 0.3) is 0 Å². The summed E-state index contributed by atoms with van der Waals surface area (Å²) in [5.74, 6) is 0. The highest BCUT2D eigenvalue weighted by molar-refractivity contribution is 6.31. The van der Waals surface area contributed by atoms with Gasteiger partial charge in [0.1, 0.15) is 5.67 Å². The lowest BCUT2D eigenvalue weighted by Crippen LogP contribution is -2.25. The van der Waals surface area contributed by atoms with Crippen molar-refractivity contribution in [2.45, 2.75) is 50.7 Å². The van der Waals surface area contributed by atoms with Crippen LogP contribution in [0.4, 0.5) is 4.39 Å². The van der Waals surface area contributed by atoms with Crippen molar-refractivity contribution in [1.82, 2.24) is 0 Å². The van der Waals surface area contributed by atoms with Crippen molar-refractivity contribution in [3.8, 4) is 0 Å². The summed E-state index contributed by atoms with van der Waals surface area (Å²) < 4.78 is 14.5. The van der Waals surface area contributed by atoms with E-state index in [1.54, 1.807) is 18.2 Å². The molecule has 1 saturated carbocycles. The van der Waals surface area contributed by atoms with E-state index in [1.165, 1.54) is 13.8 Å². The summed E-state index contributed by atoms with van der Waals surface area (Å²) in [4.78, 5) is 14.8. The van der Waals surface area contributed by atoms with Crippen molar-refractivity contribution in [2.75, 3.05) is 0 Å². The summed E-state index contributed by atoms with van der Waals surface area (Å²) in [6.45, 7) is 2.95. The van der Waals surface area contributed by atoms with Gasteiger partial charge in [0.2, 0.25) is 6.08 Å². The Kier molecular flexibility index (Phi) is 3.80. The van der Waals surface area contributed by atoms with E-state index in [1.807, 2.05) is 6.07 Å². The summed E-state index contributed by atoms with van der Waals surface area (Å²) in [5, 5.41) is 0.386. The molecule has 0 amide bonds. The van der Waals surface area contributed by atoms with Crippen molar-refractivity contribution in [1.29, 1.82) is 0 Å². The number of hydrogen-bond donors (Lipinski definition) is 0. The smallest absolute Gasteiger partial charge is 0.235 e. The second-order valence-electron chi connectivity index (χ2n) is 5.58. The highest BCUT2D eigenvalue weighted by Crippen LogP contribution is 2.47. The molecule has 0 bridgehead atoms.